The molecule has 28 heavy (non-hydrogen) atoms. The number of aliphatic hydroxyl groups excluding tert-OH is 5. The molecule has 2 heterocycles. The summed E-state index contributed by atoms with van der Waals surface area (Å²) in [5, 5.41) is 60.8. The van der Waals surface area contributed by atoms with Gasteiger partial charge in [-0.2, -0.15) is 0 Å². The van der Waals surface area contributed by atoms with Crippen LogP contribution >= 0.6 is 0 Å². The van der Waals surface area contributed by atoms with Crippen LogP contribution in [0.25, 0.3) is 0 Å². The molecular formula is C17H26O11. The van der Waals surface area contributed by atoms with E-state index in [1.807, 2.05) is 0 Å². The van der Waals surface area contributed by atoms with Crippen LogP contribution in [0.2, 0.25) is 0 Å². The maximum Gasteiger partial charge on any atom is 0.339 e. The van der Waals surface area contributed by atoms with E-state index in [1.54, 1.807) is 6.92 Å². The van der Waals surface area contributed by atoms with Gasteiger partial charge in [0.15, 0.2) is 6.29 Å². The monoisotopic (exact) mass is 406 g/mol. The fourth-order valence-corrected chi connectivity index (χ4v) is 4.23. The number of esters is 1. The van der Waals surface area contributed by atoms with Gasteiger partial charge in [-0.05, 0) is 12.3 Å². The van der Waals surface area contributed by atoms with Gasteiger partial charge in [-0.25, -0.2) is 4.79 Å². The second-order valence-electron chi connectivity index (χ2n) is 7.44. The van der Waals surface area contributed by atoms with Crippen molar-refractivity contribution in [2.24, 2.45) is 11.8 Å². The van der Waals surface area contributed by atoms with Gasteiger partial charge in [-0.3, -0.25) is 0 Å². The first-order valence-corrected chi connectivity index (χ1v) is 8.97. The summed E-state index contributed by atoms with van der Waals surface area (Å²) in [6.45, 7) is 1.09. The lowest BCUT2D eigenvalue weighted by Crippen LogP contribution is -2.61. The van der Waals surface area contributed by atoms with Gasteiger partial charge in [0.1, 0.15) is 35.6 Å². The van der Waals surface area contributed by atoms with Gasteiger partial charge in [0.25, 0.3) is 0 Å². The van der Waals surface area contributed by atoms with Crippen LogP contribution in [0.15, 0.2) is 11.8 Å². The molecule has 11 heteroatoms. The number of carbonyl (C=O) groups excluding carboxylic acids is 1. The van der Waals surface area contributed by atoms with E-state index in [4.69, 9.17) is 14.2 Å². The third-order valence-corrected chi connectivity index (χ3v) is 5.79. The molecule has 0 aromatic heterocycles. The Labute approximate surface area is 160 Å². The van der Waals surface area contributed by atoms with Gasteiger partial charge < -0.3 is 49.6 Å². The maximum absolute atomic E-state index is 12.0. The fraction of sp³-hybridized carbons (Fsp3) is 0.824. The number of fused-ring (bicyclic) bond motifs is 1. The Bertz CT molecular complexity index is 622. The van der Waals surface area contributed by atoms with Crippen LogP contribution in [0.1, 0.15) is 13.3 Å². The molecule has 6 N–H and O–H groups in total. The minimum absolute atomic E-state index is 0.146. The molecule has 0 bridgehead atoms. The first-order chi connectivity index (χ1) is 13.2. The molecule has 0 spiro atoms. The van der Waals surface area contributed by atoms with Crippen LogP contribution < -0.4 is 0 Å². The third-order valence-electron chi connectivity index (χ3n) is 5.79. The van der Waals surface area contributed by atoms with Crippen molar-refractivity contribution in [1.82, 2.24) is 0 Å². The lowest BCUT2D eigenvalue weighted by atomic mass is 9.78. The van der Waals surface area contributed by atoms with Crippen molar-refractivity contribution in [2.75, 3.05) is 13.7 Å². The molecule has 0 aromatic carbocycles. The predicted molar refractivity (Wildman–Crippen MR) is 88.1 cm³/mol. The Morgan fingerprint density at radius 2 is 1.89 bits per heavy atom. The number of rotatable bonds is 4. The standard InChI is InChI=1S/C17H26O11/c1-6-3-9(19)17(24)7(14(23)25-2)5-26-15(10(6)17)28-16-13(22)12(21)11(20)8(4-18)27-16/h5-6,8-13,15-16,18-22,24H,3-4H2,1-2H3/t6-,8+,9-,10+,11+,12-,13+,15+,16-,17-/m1/s1. The molecule has 0 radical (unpaired) electrons. The first kappa shape index (κ1) is 21.4. The molecule has 0 unspecified atom stereocenters. The van der Waals surface area contributed by atoms with Crippen molar-refractivity contribution >= 4 is 5.97 Å². The molecular weight excluding hydrogens is 380 g/mol. The van der Waals surface area contributed by atoms with E-state index in [0.717, 1.165) is 13.4 Å². The highest BCUT2D eigenvalue weighted by molar-refractivity contribution is 5.91. The fourth-order valence-electron chi connectivity index (χ4n) is 4.23. The van der Waals surface area contributed by atoms with Crippen molar-refractivity contribution in [1.29, 1.82) is 0 Å². The van der Waals surface area contributed by atoms with Crippen molar-refractivity contribution in [3.63, 3.8) is 0 Å². The van der Waals surface area contributed by atoms with E-state index in [9.17, 15) is 35.4 Å². The van der Waals surface area contributed by atoms with Gasteiger partial charge in [-0.1, -0.05) is 6.92 Å². The Morgan fingerprint density at radius 1 is 1.21 bits per heavy atom. The molecule has 3 aliphatic rings. The summed E-state index contributed by atoms with van der Waals surface area (Å²) in [5.41, 5.74) is -2.27. The van der Waals surface area contributed by atoms with E-state index < -0.39 is 67.2 Å². The lowest BCUT2D eigenvalue weighted by Gasteiger charge is -2.45. The second-order valence-corrected chi connectivity index (χ2v) is 7.44. The smallest absolute Gasteiger partial charge is 0.339 e. The Kier molecular flexibility index (Phi) is 5.99. The van der Waals surface area contributed by atoms with Crippen LogP contribution in [-0.2, 0) is 23.7 Å². The maximum atomic E-state index is 12.0. The molecule has 10 atom stereocenters. The topological polar surface area (TPSA) is 175 Å². The molecule has 160 valence electrons. The van der Waals surface area contributed by atoms with Crippen molar-refractivity contribution in [3.05, 3.63) is 11.8 Å². The Hall–Kier alpha value is -1.31. The van der Waals surface area contributed by atoms with E-state index in [2.05, 4.69) is 4.74 Å². The second kappa shape index (κ2) is 7.84. The minimum atomic E-state index is -2.01. The van der Waals surface area contributed by atoms with Crippen LogP contribution in [0.3, 0.4) is 0 Å². The van der Waals surface area contributed by atoms with Gasteiger partial charge in [0.2, 0.25) is 6.29 Å². The summed E-state index contributed by atoms with van der Waals surface area (Å²) in [5.74, 6) is -2.15. The summed E-state index contributed by atoms with van der Waals surface area (Å²) >= 11 is 0. The predicted octanol–water partition coefficient (Wildman–Crippen LogP) is -3.04. The number of aliphatic hydroxyl groups is 6. The van der Waals surface area contributed by atoms with Gasteiger partial charge in [-0.15, -0.1) is 0 Å². The molecule has 0 aromatic rings. The lowest BCUT2D eigenvalue weighted by molar-refractivity contribution is -0.347. The number of ether oxygens (including phenoxy) is 4. The van der Waals surface area contributed by atoms with E-state index in [1.165, 1.54) is 0 Å². The summed E-state index contributed by atoms with van der Waals surface area (Å²) in [6, 6.07) is 0. The average molecular weight is 406 g/mol. The highest BCUT2D eigenvalue weighted by Crippen LogP contribution is 2.50. The minimum Gasteiger partial charge on any atom is -0.471 e. The SMILES string of the molecule is COC(=O)C1=CO[C@@H](O[C@H]2O[C@@H](CO)[C@H](O)[C@@H](O)[C@@H]2O)[C@@H]2[C@H](C)C[C@@H](O)[C@]12O. The van der Waals surface area contributed by atoms with Gasteiger partial charge in [0.05, 0.1) is 32.0 Å². The van der Waals surface area contributed by atoms with Crippen molar-refractivity contribution in [2.45, 2.75) is 62.0 Å². The molecule has 2 fully saturated rings. The molecule has 3 rings (SSSR count). The zero-order valence-corrected chi connectivity index (χ0v) is 15.4. The largest absolute Gasteiger partial charge is 0.471 e. The van der Waals surface area contributed by atoms with Crippen LogP contribution in [0.4, 0.5) is 0 Å². The van der Waals surface area contributed by atoms with E-state index in [0.29, 0.717) is 0 Å². The third kappa shape index (κ3) is 3.21. The van der Waals surface area contributed by atoms with E-state index >= 15 is 0 Å². The zero-order valence-electron chi connectivity index (χ0n) is 15.4. The van der Waals surface area contributed by atoms with Gasteiger partial charge >= 0.3 is 5.97 Å². The Morgan fingerprint density at radius 3 is 2.50 bits per heavy atom. The highest BCUT2D eigenvalue weighted by atomic mass is 16.8. The number of hydrogen-bond donors (Lipinski definition) is 6. The summed E-state index contributed by atoms with van der Waals surface area (Å²) < 4.78 is 21.0. The number of carbonyl (C=O) groups is 1. The van der Waals surface area contributed by atoms with Crippen molar-refractivity contribution < 1.29 is 54.4 Å². The molecule has 1 saturated heterocycles. The summed E-state index contributed by atoms with van der Waals surface area (Å²) in [4.78, 5) is 12.0. The summed E-state index contributed by atoms with van der Waals surface area (Å²) in [7, 11) is 1.13. The number of hydrogen-bond acceptors (Lipinski definition) is 11. The normalized spacial score (nSPS) is 48.4. The van der Waals surface area contributed by atoms with Crippen LogP contribution in [0, 0.1) is 11.8 Å². The number of methoxy groups -OCH3 is 1. The first-order valence-electron chi connectivity index (χ1n) is 8.97. The van der Waals surface area contributed by atoms with Gasteiger partial charge in [0, 0.05) is 0 Å². The quantitative estimate of drug-likeness (QED) is 0.262. The molecule has 1 aliphatic carbocycles. The molecule has 1 saturated carbocycles. The molecule has 2 aliphatic heterocycles. The molecule has 11 nitrogen and oxygen atoms in total. The molecule has 0 amide bonds. The highest BCUT2D eigenvalue weighted by Gasteiger charge is 2.63. The van der Waals surface area contributed by atoms with E-state index in [-0.39, 0.29) is 17.9 Å². The summed E-state index contributed by atoms with van der Waals surface area (Å²) in [6.07, 6.45) is -9.02. The Balaban J connectivity index is 1.87. The average Bonchev–Trinajstić information content (AvgIpc) is 2.91. The zero-order chi connectivity index (χ0) is 20.8. The van der Waals surface area contributed by atoms with Crippen molar-refractivity contribution in [3.8, 4) is 0 Å². The van der Waals surface area contributed by atoms with Crippen LogP contribution in [0.5, 0.6) is 0 Å². The van der Waals surface area contributed by atoms with Crippen LogP contribution in [-0.4, -0.2) is 99.0 Å².